The third-order valence-corrected chi connectivity index (χ3v) is 6.20. The number of anilines is 1. The van der Waals surface area contributed by atoms with Gasteiger partial charge < -0.3 is 15.0 Å². The monoisotopic (exact) mass is 340 g/mol. The van der Waals surface area contributed by atoms with E-state index in [9.17, 15) is 8.42 Å². The van der Waals surface area contributed by atoms with Crippen molar-refractivity contribution >= 4 is 15.5 Å². The van der Waals surface area contributed by atoms with Crippen molar-refractivity contribution in [2.75, 3.05) is 36.6 Å². The predicted molar refractivity (Wildman–Crippen MR) is 95.2 cm³/mol. The van der Waals surface area contributed by atoms with Crippen LogP contribution in [0.4, 0.5) is 5.69 Å². The van der Waals surface area contributed by atoms with E-state index in [1.54, 1.807) is 14.0 Å². The molecule has 1 fully saturated rings. The van der Waals surface area contributed by atoms with Crippen molar-refractivity contribution in [1.82, 2.24) is 5.32 Å². The number of piperidine rings is 1. The predicted octanol–water partition coefficient (Wildman–Crippen LogP) is 2.08. The highest BCUT2D eigenvalue weighted by Gasteiger charge is 2.24. The largest absolute Gasteiger partial charge is 0.495 e. The Bertz CT molecular complexity index is 604. The molecule has 5 nitrogen and oxygen atoms in total. The van der Waals surface area contributed by atoms with Gasteiger partial charge in [0, 0.05) is 30.9 Å². The first-order valence-electron chi connectivity index (χ1n) is 8.29. The van der Waals surface area contributed by atoms with E-state index >= 15 is 0 Å². The van der Waals surface area contributed by atoms with Gasteiger partial charge in [0.1, 0.15) is 5.75 Å². The van der Waals surface area contributed by atoms with Crippen molar-refractivity contribution in [1.29, 1.82) is 0 Å². The lowest BCUT2D eigenvalue weighted by molar-refractivity contribution is 0.385. The maximum Gasteiger partial charge on any atom is 0.151 e. The molecule has 2 rings (SSSR count). The van der Waals surface area contributed by atoms with Gasteiger partial charge in [-0.1, -0.05) is 19.1 Å². The van der Waals surface area contributed by atoms with Crippen molar-refractivity contribution in [2.45, 2.75) is 38.8 Å². The minimum absolute atomic E-state index is 0.0254. The van der Waals surface area contributed by atoms with Crippen LogP contribution in [-0.2, 0) is 9.84 Å². The number of ether oxygens (including phenoxy) is 1. The molecule has 1 heterocycles. The van der Waals surface area contributed by atoms with Crippen LogP contribution < -0.4 is 15.0 Å². The molecule has 23 heavy (non-hydrogen) atoms. The normalized spacial score (nSPS) is 20.3. The van der Waals surface area contributed by atoms with Crippen molar-refractivity contribution in [3.63, 3.8) is 0 Å². The number of sulfone groups is 1. The van der Waals surface area contributed by atoms with E-state index in [0.717, 1.165) is 37.4 Å². The van der Waals surface area contributed by atoms with Gasteiger partial charge in [-0.05, 0) is 31.9 Å². The summed E-state index contributed by atoms with van der Waals surface area (Å²) in [4.78, 5) is 2.32. The quantitative estimate of drug-likeness (QED) is 0.823. The van der Waals surface area contributed by atoms with Gasteiger partial charge in [0.15, 0.2) is 9.84 Å². The average Bonchev–Trinajstić information content (AvgIpc) is 2.54. The number of benzene rings is 1. The van der Waals surface area contributed by atoms with Crippen molar-refractivity contribution < 1.29 is 13.2 Å². The molecule has 0 aliphatic carbocycles. The van der Waals surface area contributed by atoms with Crippen LogP contribution in [0.5, 0.6) is 5.75 Å². The molecule has 0 aromatic heterocycles. The molecule has 130 valence electrons. The Labute approximate surface area is 139 Å². The fourth-order valence-corrected chi connectivity index (χ4v) is 4.27. The number of hydrogen-bond acceptors (Lipinski definition) is 5. The Balaban J connectivity index is 1.98. The van der Waals surface area contributed by atoms with Gasteiger partial charge >= 0.3 is 0 Å². The molecule has 0 spiro atoms. The molecule has 6 heteroatoms. The molecule has 2 atom stereocenters. The van der Waals surface area contributed by atoms with Gasteiger partial charge in [-0.2, -0.15) is 0 Å². The van der Waals surface area contributed by atoms with Gasteiger partial charge in [-0.15, -0.1) is 0 Å². The van der Waals surface area contributed by atoms with E-state index in [4.69, 9.17) is 4.74 Å². The van der Waals surface area contributed by atoms with Gasteiger partial charge in [-0.3, -0.25) is 0 Å². The summed E-state index contributed by atoms with van der Waals surface area (Å²) in [5.74, 6) is 1.29. The van der Waals surface area contributed by atoms with E-state index in [2.05, 4.69) is 16.3 Å². The second-order valence-corrected chi connectivity index (χ2v) is 8.62. The molecular weight excluding hydrogens is 312 g/mol. The third kappa shape index (κ3) is 5.11. The molecule has 1 aromatic rings. The van der Waals surface area contributed by atoms with Crippen LogP contribution >= 0.6 is 0 Å². The lowest BCUT2D eigenvalue weighted by Gasteiger charge is -2.36. The minimum atomic E-state index is -2.94. The topological polar surface area (TPSA) is 58.6 Å². The van der Waals surface area contributed by atoms with E-state index in [1.807, 2.05) is 25.1 Å². The van der Waals surface area contributed by atoms with Crippen LogP contribution in [0.1, 0.15) is 26.7 Å². The molecule has 2 unspecified atom stereocenters. The summed E-state index contributed by atoms with van der Waals surface area (Å²) in [6.45, 7) is 5.53. The highest BCUT2D eigenvalue weighted by Crippen LogP contribution is 2.29. The van der Waals surface area contributed by atoms with Crippen molar-refractivity contribution in [2.24, 2.45) is 0 Å². The van der Waals surface area contributed by atoms with Crippen LogP contribution in [0.25, 0.3) is 0 Å². The Kier molecular flexibility index (Phi) is 6.30. The highest BCUT2D eigenvalue weighted by atomic mass is 32.2. The lowest BCUT2D eigenvalue weighted by atomic mass is 10.0. The fourth-order valence-electron chi connectivity index (χ4n) is 3.17. The SMILES string of the molecule is CCS(=O)(=O)CC(C)NC1CCCN(c2ccccc2OC)C1. The zero-order valence-corrected chi connectivity index (χ0v) is 15.1. The van der Waals surface area contributed by atoms with Crippen molar-refractivity contribution in [3.05, 3.63) is 24.3 Å². The van der Waals surface area contributed by atoms with Gasteiger partial charge in [0.05, 0.1) is 18.6 Å². The van der Waals surface area contributed by atoms with Gasteiger partial charge in [-0.25, -0.2) is 8.42 Å². The summed E-state index contributed by atoms with van der Waals surface area (Å²) in [5.41, 5.74) is 1.11. The van der Waals surface area contributed by atoms with Crippen LogP contribution in [0.15, 0.2) is 24.3 Å². The Morgan fingerprint density at radius 2 is 2.13 bits per heavy atom. The summed E-state index contributed by atoms with van der Waals surface area (Å²) in [6.07, 6.45) is 2.16. The van der Waals surface area contributed by atoms with E-state index in [1.165, 1.54) is 0 Å². The summed E-state index contributed by atoms with van der Waals surface area (Å²) in [7, 11) is -1.25. The average molecular weight is 340 g/mol. The summed E-state index contributed by atoms with van der Waals surface area (Å²) >= 11 is 0. The number of nitrogens with zero attached hydrogens (tertiary/aromatic N) is 1. The first-order valence-corrected chi connectivity index (χ1v) is 10.1. The molecule has 1 N–H and O–H groups in total. The van der Waals surface area contributed by atoms with Crippen LogP contribution in [0.3, 0.4) is 0 Å². The highest BCUT2D eigenvalue weighted by molar-refractivity contribution is 7.91. The first kappa shape index (κ1) is 18.1. The van der Waals surface area contributed by atoms with Crippen LogP contribution in [0.2, 0.25) is 0 Å². The Morgan fingerprint density at radius 1 is 1.39 bits per heavy atom. The molecule has 0 saturated carbocycles. The maximum absolute atomic E-state index is 11.8. The van der Waals surface area contributed by atoms with Crippen LogP contribution in [0, 0.1) is 0 Å². The zero-order valence-electron chi connectivity index (χ0n) is 14.3. The molecule has 0 amide bonds. The van der Waals surface area contributed by atoms with E-state index in [-0.39, 0.29) is 17.5 Å². The summed E-state index contributed by atoms with van der Waals surface area (Å²) in [6, 6.07) is 8.32. The number of para-hydroxylation sites is 2. The van der Waals surface area contributed by atoms with Gasteiger partial charge in [0.2, 0.25) is 0 Å². The smallest absolute Gasteiger partial charge is 0.151 e. The summed E-state index contributed by atoms with van der Waals surface area (Å²) < 4.78 is 29.0. The molecule has 0 radical (unpaired) electrons. The zero-order chi connectivity index (χ0) is 16.9. The van der Waals surface area contributed by atoms with Gasteiger partial charge in [0.25, 0.3) is 0 Å². The second-order valence-electron chi connectivity index (χ2n) is 6.22. The van der Waals surface area contributed by atoms with Crippen LogP contribution in [-0.4, -0.2) is 52.2 Å². The third-order valence-electron chi connectivity index (χ3n) is 4.31. The Morgan fingerprint density at radius 3 is 2.83 bits per heavy atom. The number of hydrogen-bond donors (Lipinski definition) is 1. The van der Waals surface area contributed by atoms with Crippen molar-refractivity contribution in [3.8, 4) is 5.75 Å². The molecule has 1 aliphatic heterocycles. The van der Waals surface area contributed by atoms with E-state index < -0.39 is 9.84 Å². The Hall–Kier alpha value is -1.27. The fraction of sp³-hybridized carbons (Fsp3) is 0.647. The molecule has 1 aromatic carbocycles. The second kappa shape index (κ2) is 8.02. The summed E-state index contributed by atoms with van der Waals surface area (Å²) in [5, 5.41) is 3.48. The minimum Gasteiger partial charge on any atom is -0.495 e. The number of nitrogens with one attached hydrogen (secondary N) is 1. The van der Waals surface area contributed by atoms with E-state index in [0.29, 0.717) is 6.04 Å². The number of methoxy groups -OCH3 is 1. The maximum atomic E-state index is 11.8. The first-order chi connectivity index (χ1) is 10.9. The molecular formula is C17H28N2O3S. The number of rotatable bonds is 7. The molecule has 1 aliphatic rings. The molecule has 1 saturated heterocycles. The lowest BCUT2D eigenvalue weighted by Crippen LogP contribution is -2.50. The molecule has 0 bridgehead atoms. The standard InChI is InChI=1S/C17H28N2O3S/c1-4-23(20,21)13-14(2)18-15-8-7-11-19(12-15)16-9-5-6-10-17(16)22-3/h5-6,9-10,14-15,18H,4,7-8,11-13H2,1-3H3.